The third kappa shape index (κ3) is 7.91. The SMILES string of the molecule is O=C(N[C@@H](c1ccccc1)c1cccc(OCc2ccc(CNCC(O)c3ccc(O)c4c3C=CCN4)cc2)c1)OC1CN2CCC1CC2. The number of phenols is 1. The summed E-state index contributed by atoms with van der Waals surface area (Å²) >= 11 is 0. The fraction of sp³-hybridized carbons (Fsp3) is 0.325. The van der Waals surface area contributed by atoms with Crippen LogP contribution in [0.15, 0.2) is 97.1 Å². The molecule has 49 heavy (non-hydrogen) atoms. The smallest absolute Gasteiger partial charge is 0.408 e. The molecule has 4 heterocycles. The van der Waals surface area contributed by atoms with Crippen molar-refractivity contribution in [2.75, 3.05) is 38.0 Å². The number of nitrogens with one attached hydrogen (secondary N) is 3. The lowest BCUT2D eigenvalue weighted by atomic mass is 9.86. The number of aliphatic hydroxyl groups excluding tert-OH is 1. The summed E-state index contributed by atoms with van der Waals surface area (Å²) < 4.78 is 12.2. The van der Waals surface area contributed by atoms with Crippen LogP contribution in [0.1, 0.15) is 58.4 Å². The third-order valence-electron chi connectivity index (χ3n) is 9.83. The first kappa shape index (κ1) is 32.7. The topological polar surface area (TPSA) is 115 Å². The van der Waals surface area contributed by atoms with Crippen molar-refractivity contribution in [1.29, 1.82) is 0 Å². The van der Waals surface area contributed by atoms with Crippen LogP contribution in [-0.2, 0) is 17.9 Å². The van der Waals surface area contributed by atoms with Gasteiger partial charge in [0.25, 0.3) is 0 Å². The Bertz CT molecular complexity index is 1750. The second kappa shape index (κ2) is 15.2. The number of carbonyl (C=O) groups excluding carboxylic acids is 1. The highest BCUT2D eigenvalue weighted by atomic mass is 16.6. The fourth-order valence-electron chi connectivity index (χ4n) is 7.12. The number of carbonyl (C=O) groups is 1. The van der Waals surface area contributed by atoms with Crippen LogP contribution in [0.2, 0.25) is 0 Å². The number of piperidine rings is 3. The Morgan fingerprint density at radius 1 is 0.939 bits per heavy atom. The van der Waals surface area contributed by atoms with Gasteiger partial charge in [-0.25, -0.2) is 4.79 Å². The normalized spacial score (nSPS) is 20.5. The molecular weight excluding hydrogens is 616 g/mol. The Kier molecular flexibility index (Phi) is 10.1. The lowest BCUT2D eigenvalue weighted by Gasteiger charge is -2.43. The number of amides is 1. The van der Waals surface area contributed by atoms with Crippen LogP contribution >= 0.6 is 0 Å². The number of hydrogen-bond acceptors (Lipinski definition) is 8. The van der Waals surface area contributed by atoms with Gasteiger partial charge in [-0.3, -0.25) is 4.90 Å². The minimum Gasteiger partial charge on any atom is -0.506 e. The average molecular weight is 661 g/mol. The van der Waals surface area contributed by atoms with Crippen molar-refractivity contribution in [3.63, 3.8) is 0 Å². The first-order chi connectivity index (χ1) is 24.0. The standard InChI is InChI=1S/C40H44N4O5/c45-35-16-15-33(34-10-5-19-42-39(34)35)36(46)24-41-23-27-11-13-28(14-12-27)26-48-32-9-4-8-31(22-32)38(30-6-2-1-3-7-30)43-40(47)49-37-25-44-20-17-29(37)18-21-44/h1-16,22,29,36-38,41-42,45-46H,17-21,23-26H2,(H,43,47)/t36?,37?,38-/m0/s1. The zero-order valence-electron chi connectivity index (χ0n) is 27.6. The predicted octanol–water partition coefficient (Wildman–Crippen LogP) is 6.14. The number of benzene rings is 4. The molecule has 2 unspecified atom stereocenters. The molecule has 4 aromatic carbocycles. The number of phenolic OH excluding ortho intramolecular Hbond substituents is 1. The summed E-state index contributed by atoms with van der Waals surface area (Å²) in [6, 6.07) is 29.0. The fourth-order valence-corrected chi connectivity index (χ4v) is 7.12. The minimum absolute atomic E-state index is 0.0616. The van der Waals surface area contributed by atoms with Gasteiger partial charge in [0, 0.05) is 31.7 Å². The number of aliphatic hydroxyl groups is 1. The van der Waals surface area contributed by atoms with E-state index in [1.807, 2.05) is 78.9 Å². The number of hydrogen-bond donors (Lipinski definition) is 5. The second-order valence-corrected chi connectivity index (χ2v) is 13.1. The molecule has 4 aromatic rings. The summed E-state index contributed by atoms with van der Waals surface area (Å²) in [6.07, 6.45) is 4.92. The van der Waals surface area contributed by atoms with Gasteiger partial charge in [-0.2, -0.15) is 0 Å². The lowest BCUT2D eigenvalue weighted by Crippen LogP contribution is -2.52. The van der Waals surface area contributed by atoms with Crippen LogP contribution in [-0.4, -0.2) is 60.0 Å². The molecule has 0 aliphatic carbocycles. The first-order valence-corrected chi connectivity index (χ1v) is 17.2. The van der Waals surface area contributed by atoms with Gasteiger partial charge in [-0.1, -0.05) is 84.9 Å². The molecule has 2 bridgehead atoms. The number of nitrogens with zero attached hydrogens (tertiary/aromatic N) is 1. The maximum absolute atomic E-state index is 13.2. The molecule has 254 valence electrons. The van der Waals surface area contributed by atoms with E-state index in [2.05, 4.69) is 33.0 Å². The van der Waals surface area contributed by atoms with Crippen LogP contribution in [0.25, 0.3) is 6.08 Å². The van der Waals surface area contributed by atoms with Crippen LogP contribution in [0, 0.1) is 5.92 Å². The van der Waals surface area contributed by atoms with Crippen LogP contribution in [0.5, 0.6) is 11.5 Å². The predicted molar refractivity (Wildman–Crippen MR) is 190 cm³/mol. The maximum atomic E-state index is 13.2. The Labute approximate surface area is 287 Å². The van der Waals surface area contributed by atoms with Crippen LogP contribution in [0.4, 0.5) is 10.5 Å². The van der Waals surface area contributed by atoms with Crippen molar-refractivity contribution in [3.05, 3.63) is 130 Å². The number of alkyl carbamates (subject to hydrolysis) is 1. The molecule has 9 heteroatoms. The first-order valence-electron chi connectivity index (χ1n) is 17.2. The molecule has 3 saturated heterocycles. The second-order valence-electron chi connectivity index (χ2n) is 13.1. The highest BCUT2D eigenvalue weighted by molar-refractivity contribution is 5.77. The Morgan fingerprint density at radius 3 is 2.49 bits per heavy atom. The van der Waals surface area contributed by atoms with Crippen LogP contribution in [0.3, 0.4) is 0 Å². The molecule has 0 radical (unpaired) electrons. The van der Waals surface area contributed by atoms with Gasteiger partial charge < -0.3 is 35.6 Å². The van der Waals surface area contributed by atoms with E-state index in [1.54, 1.807) is 12.1 Å². The quantitative estimate of drug-likeness (QED) is 0.115. The summed E-state index contributed by atoms with van der Waals surface area (Å²) in [4.78, 5) is 15.6. The zero-order chi connectivity index (χ0) is 33.6. The highest BCUT2D eigenvalue weighted by Gasteiger charge is 2.37. The summed E-state index contributed by atoms with van der Waals surface area (Å²) in [5, 5.41) is 30.7. The van der Waals surface area contributed by atoms with Gasteiger partial charge in [0.2, 0.25) is 0 Å². The van der Waals surface area contributed by atoms with Gasteiger partial charge in [0.1, 0.15) is 24.2 Å². The molecule has 8 rings (SSSR count). The molecule has 9 nitrogen and oxygen atoms in total. The van der Waals surface area contributed by atoms with Crippen molar-refractivity contribution in [2.45, 2.75) is 44.2 Å². The summed E-state index contributed by atoms with van der Waals surface area (Å²) in [5.74, 6) is 1.34. The van der Waals surface area contributed by atoms with Gasteiger partial charge in [-0.15, -0.1) is 0 Å². The number of rotatable bonds is 12. The minimum atomic E-state index is -0.713. The van der Waals surface area contributed by atoms with E-state index in [1.165, 1.54) is 0 Å². The van der Waals surface area contributed by atoms with Crippen molar-refractivity contribution in [3.8, 4) is 11.5 Å². The molecule has 0 aromatic heterocycles. The number of ether oxygens (including phenoxy) is 2. The molecule has 1 amide bonds. The molecule has 4 aliphatic heterocycles. The summed E-state index contributed by atoms with van der Waals surface area (Å²) in [7, 11) is 0. The zero-order valence-corrected chi connectivity index (χ0v) is 27.6. The van der Waals surface area contributed by atoms with E-state index < -0.39 is 12.2 Å². The van der Waals surface area contributed by atoms with Crippen molar-refractivity contribution in [2.24, 2.45) is 5.92 Å². The number of anilines is 1. The molecule has 4 aliphatic rings. The number of fused-ring (bicyclic) bond motifs is 4. The molecular formula is C40H44N4O5. The van der Waals surface area contributed by atoms with E-state index in [0.717, 1.165) is 65.9 Å². The highest BCUT2D eigenvalue weighted by Crippen LogP contribution is 2.36. The van der Waals surface area contributed by atoms with Crippen LogP contribution < -0.4 is 20.7 Å². The maximum Gasteiger partial charge on any atom is 0.408 e. The molecule has 3 fully saturated rings. The molecule has 5 N–H and O–H groups in total. The Hall–Kier alpha value is -4.83. The van der Waals surface area contributed by atoms with E-state index in [0.29, 0.717) is 43.6 Å². The molecule has 0 saturated carbocycles. The average Bonchev–Trinajstić information content (AvgIpc) is 3.15. The van der Waals surface area contributed by atoms with Gasteiger partial charge in [-0.05, 0) is 77.9 Å². The lowest BCUT2D eigenvalue weighted by molar-refractivity contribution is -0.0336. The molecule has 3 atom stereocenters. The van der Waals surface area contributed by atoms with E-state index in [9.17, 15) is 15.0 Å². The van der Waals surface area contributed by atoms with Gasteiger partial charge in [0.05, 0.1) is 17.8 Å². The van der Waals surface area contributed by atoms with Crippen molar-refractivity contribution < 1.29 is 24.5 Å². The summed E-state index contributed by atoms with van der Waals surface area (Å²) in [5.41, 5.74) is 6.27. The Balaban J connectivity index is 0.933. The number of aromatic hydroxyl groups is 1. The van der Waals surface area contributed by atoms with E-state index in [4.69, 9.17) is 9.47 Å². The monoisotopic (exact) mass is 660 g/mol. The van der Waals surface area contributed by atoms with Crippen molar-refractivity contribution in [1.82, 2.24) is 15.5 Å². The third-order valence-corrected chi connectivity index (χ3v) is 9.83. The largest absolute Gasteiger partial charge is 0.506 e. The van der Waals surface area contributed by atoms with Gasteiger partial charge >= 0.3 is 6.09 Å². The van der Waals surface area contributed by atoms with E-state index >= 15 is 0 Å². The Morgan fingerprint density at radius 2 is 1.71 bits per heavy atom. The van der Waals surface area contributed by atoms with E-state index in [-0.39, 0.29) is 17.9 Å². The summed E-state index contributed by atoms with van der Waals surface area (Å²) in [6.45, 7) is 5.03. The molecule has 0 spiro atoms. The van der Waals surface area contributed by atoms with Gasteiger partial charge in [0.15, 0.2) is 0 Å². The van der Waals surface area contributed by atoms with Crippen molar-refractivity contribution >= 4 is 17.9 Å².